The van der Waals surface area contributed by atoms with E-state index in [4.69, 9.17) is 9.94 Å². The van der Waals surface area contributed by atoms with Gasteiger partial charge < -0.3 is 9.94 Å². The van der Waals surface area contributed by atoms with E-state index in [1.165, 1.54) is 6.92 Å². The minimum absolute atomic E-state index is 0.277. The third kappa shape index (κ3) is 1.95. The molecule has 0 aliphatic carbocycles. The fourth-order valence-corrected chi connectivity index (χ4v) is 1.88. The lowest BCUT2D eigenvalue weighted by Gasteiger charge is -2.14. The molecule has 0 aromatic heterocycles. The maximum absolute atomic E-state index is 11.0. The number of benzene rings is 1. The number of hydrogen-bond acceptors (Lipinski definition) is 3. The Balaban J connectivity index is 2.24. The normalized spacial score (nSPS) is 23.8. The van der Waals surface area contributed by atoms with E-state index in [1.807, 2.05) is 24.3 Å². The molecule has 1 N–H and O–H groups in total. The molecule has 1 aliphatic rings. The van der Waals surface area contributed by atoms with Crippen LogP contribution in [-0.2, 0) is 9.63 Å². The molecule has 0 saturated heterocycles. The molecule has 0 spiro atoms. The summed E-state index contributed by atoms with van der Waals surface area (Å²) in [6.07, 6.45) is 0.277. The molecule has 2 rings (SSSR count). The van der Waals surface area contributed by atoms with E-state index in [2.05, 4.69) is 21.1 Å². The van der Waals surface area contributed by atoms with Gasteiger partial charge in [-0.1, -0.05) is 33.2 Å². The van der Waals surface area contributed by atoms with Crippen LogP contribution in [0.2, 0.25) is 0 Å². The summed E-state index contributed by atoms with van der Waals surface area (Å²) in [6, 6.07) is 7.53. The SMILES string of the molecule is CC1(C(=O)O)CC(c2cccc(Br)c2)=NO1. The van der Waals surface area contributed by atoms with Crippen molar-refractivity contribution in [3.8, 4) is 0 Å². The molecule has 16 heavy (non-hydrogen) atoms. The third-order valence-electron chi connectivity index (χ3n) is 2.47. The highest BCUT2D eigenvalue weighted by molar-refractivity contribution is 9.10. The summed E-state index contributed by atoms with van der Waals surface area (Å²) >= 11 is 3.35. The standard InChI is InChI=1S/C11H10BrNO3/c1-11(10(14)15)6-9(13-16-11)7-3-2-4-8(12)5-7/h2-5H,6H2,1H3,(H,14,15). The topological polar surface area (TPSA) is 58.9 Å². The van der Waals surface area contributed by atoms with E-state index < -0.39 is 11.6 Å². The predicted octanol–water partition coefficient (Wildman–Crippen LogP) is 2.42. The predicted molar refractivity (Wildman–Crippen MR) is 62.4 cm³/mol. The van der Waals surface area contributed by atoms with Gasteiger partial charge in [0.25, 0.3) is 0 Å². The monoisotopic (exact) mass is 283 g/mol. The summed E-state index contributed by atoms with van der Waals surface area (Å²) < 4.78 is 0.927. The number of hydrogen-bond donors (Lipinski definition) is 1. The number of carboxylic acids is 1. The Morgan fingerprint density at radius 2 is 2.38 bits per heavy atom. The molecule has 0 bridgehead atoms. The molecule has 84 valence electrons. The highest BCUT2D eigenvalue weighted by Gasteiger charge is 2.42. The van der Waals surface area contributed by atoms with Gasteiger partial charge in [0.1, 0.15) is 0 Å². The number of nitrogens with zero attached hydrogens (tertiary/aromatic N) is 1. The molecule has 0 radical (unpaired) electrons. The fraction of sp³-hybridized carbons (Fsp3) is 0.273. The number of carbonyl (C=O) groups is 1. The Morgan fingerprint density at radius 1 is 1.62 bits per heavy atom. The quantitative estimate of drug-likeness (QED) is 0.907. The molecule has 1 heterocycles. The van der Waals surface area contributed by atoms with Crippen LogP contribution in [0.4, 0.5) is 0 Å². The van der Waals surface area contributed by atoms with Crippen LogP contribution >= 0.6 is 15.9 Å². The zero-order valence-electron chi connectivity index (χ0n) is 8.61. The van der Waals surface area contributed by atoms with Gasteiger partial charge in [0, 0.05) is 16.5 Å². The van der Waals surface area contributed by atoms with Gasteiger partial charge in [-0.25, -0.2) is 4.79 Å². The van der Waals surface area contributed by atoms with E-state index >= 15 is 0 Å². The lowest BCUT2D eigenvalue weighted by atomic mass is 9.96. The van der Waals surface area contributed by atoms with Crippen molar-refractivity contribution in [1.29, 1.82) is 0 Å². The van der Waals surface area contributed by atoms with Gasteiger partial charge >= 0.3 is 5.97 Å². The molecule has 1 aromatic rings. The van der Waals surface area contributed by atoms with Gasteiger partial charge in [-0.05, 0) is 19.1 Å². The van der Waals surface area contributed by atoms with Gasteiger partial charge in [-0.2, -0.15) is 0 Å². The first-order chi connectivity index (χ1) is 7.51. The summed E-state index contributed by atoms with van der Waals surface area (Å²) in [6.45, 7) is 1.52. The van der Waals surface area contributed by atoms with Crippen LogP contribution in [0.3, 0.4) is 0 Å². The maximum Gasteiger partial charge on any atom is 0.351 e. The van der Waals surface area contributed by atoms with Gasteiger partial charge in [0.05, 0.1) is 5.71 Å². The van der Waals surface area contributed by atoms with E-state index in [1.54, 1.807) is 0 Å². The van der Waals surface area contributed by atoms with Crippen molar-refractivity contribution in [2.75, 3.05) is 0 Å². The summed E-state index contributed by atoms with van der Waals surface area (Å²) in [5.41, 5.74) is 0.294. The molecule has 4 nitrogen and oxygen atoms in total. The smallest absolute Gasteiger partial charge is 0.351 e. The second kappa shape index (κ2) is 3.90. The molecule has 5 heteroatoms. The van der Waals surface area contributed by atoms with Gasteiger partial charge in [0.2, 0.25) is 5.60 Å². The Labute approximate surface area is 101 Å². The number of aliphatic carboxylic acids is 1. The second-order valence-electron chi connectivity index (χ2n) is 3.85. The first-order valence-corrected chi connectivity index (χ1v) is 5.55. The van der Waals surface area contributed by atoms with Crippen molar-refractivity contribution in [2.45, 2.75) is 18.9 Å². The minimum Gasteiger partial charge on any atom is -0.478 e. The van der Waals surface area contributed by atoms with Crippen molar-refractivity contribution < 1.29 is 14.7 Å². The number of rotatable bonds is 2. The molecular formula is C11H10BrNO3. The lowest BCUT2D eigenvalue weighted by Crippen LogP contribution is -2.35. The molecule has 1 aliphatic heterocycles. The summed E-state index contributed by atoms with van der Waals surface area (Å²) in [4.78, 5) is 15.9. The van der Waals surface area contributed by atoms with Crippen molar-refractivity contribution >= 4 is 27.6 Å². The molecule has 0 saturated carbocycles. The van der Waals surface area contributed by atoms with Crippen molar-refractivity contribution in [1.82, 2.24) is 0 Å². The van der Waals surface area contributed by atoms with Gasteiger partial charge in [-0.3, -0.25) is 0 Å². The van der Waals surface area contributed by atoms with Crippen molar-refractivity contribution in [3.05, 3.63) is 34.3 Å². The van der Waals surface area contributed by atoms with Crippen LogP contribution in [0, 0.1) is 0 Å². The minimum atomic E-state index is -1.24. The summed E-state index contributed by atoms with van der Waals surface area (Å²) in [7, 11) is 0. The highest BCUT2D eigenvalue weighted by Crippen LogP contribution is 2.27. The van der Waals surface area contributed by atoms with Gasteiger partial charge in [-0.15, -0.1) is 0 Å². The van der Waals surface area contributed by atoms with Crippen LogP contribution in [-0.4, -0.2) is 22.4 Å². The van der Waals surface area contributed by atoms with Crippen molar-refractivity contribution in [3.63, 3.8) is 0 Å². The van der Waals surface area contributed by atoms with E-state index in [0.29, 0.717) is 5.71 Å². The average Bonchev–Trinajstić information content (AvgIpc) is 2.62. The van der Waals surface area contributed by atoms with E-state index in [0.717, 1.165) is 10.0 Å². The Hall–Kier alpha value is -1.36. The highest BCUT2D eigenvalue weighted by atomic mass is 79.9. The van der Waals surface area contributed by atoms with Crippen LogP contribution in [0.1, 0.15) is 18.9 Å². The Kier molecular flexibility index (Phi) is 2.71. The Morgan fingerprint density at radius 3 is 2.94 bits per heavy atom. The molecule has 0 fully saturated rings. The molecule has 1 aromatic carbocycles. The maximum atomic E-state index is 11.0. The van der Waals surface area contributed by atoms with Crippen LogP contribution in [0.15, 0.2) is 33.9 Å². The van der Waals surface area contributed by atoms with Crippen LogP contribution in [0.5, 0.6) is 0 Å². The first-order valence-electron chi connectivity index (χ1n) is 4.76. The van der Waals surface area contributed by atoms with E-state index in [9.17, 15) is 4.79 Å². The Bertz CT molecular complexity index is 472. The van der Waals surface area contributed by atoms with Crippen molar-refractivity contribution in [2.24, 2.45) is 5.16 Å². The number of carboxylic acid groups (broad SMARTS) is 1. The zero-order chi connectivity index (χ0) is 11.8. The molecule has 0 amide bonds. The zero-order valence-corrected chi connectivity index (χ0v) is 10.2. The first kappa shape index (κ1) is 11.1. The fourth-order valence-electron chi connectivity index (χ4n) is 1.48. The third-order valence-corrected chi connectivity index (χ3v) is 2.97. The average molecular weight is 284 g/mol. The summed E-state index contributed by atoms with van der Waals surface area (Å²) in [5, 5.41) is 12.8. The molecule has 1 atom stereocenters. The van der Waals surface area contributed by atoms with Gasteiger partial charge in [0.15, 0.2) is 0 Å². The van der Waals surface area contributed by atoms with Crippen LogP contribution in [0.25, 0.3) is 0 Å². The number of oxime groups is 1. The summed E-state index contributed by atoms with van der Waals surface area (Å²) in [5.74, 6) is -0.999. The lowest BCUT2D eigenvalue weighted by molar-refractivity contribution is -0.160. The molecule has 1 unspecified atom stereocenters. The van der Waals surface area contributed by atoms with E-state index in [-0.39, 0.29) is 6.42 Å². The second-order valence-corrected chi connectivity index (χ2v) is 4.77. The largest absolute Gasteiger partial charge is 0.478 e. The number of halogens is 1. The molecular weight excluding hydrogens is 274 g/mol. The van der Waals surface area contributed by atoms with Crippen LogP contribution < -0.4 is 0 Å².